The first-order valence-electron chi connectivity index (χ1n) is 8.49. The van der Waals surface area contributed by atoms with Gasteiger partial charge in [-0.3, -0.25) is 4.79 Å². The summed E-state index contributed by atoms with van der Waals surface area (Å²) in [5.74, 6) is 0.116. The van der Waals surface area contributed by atoms with Gasteiger partial charge in [0.15, 0.2) is 0 Å². The second-order valence-corrected chi connectivity index (χ2v) is 7.57. The first kappa shape index (κ1) is 20.9. The van der Waals surface area contributed by atoms with Crippen LogP contribution in [0.2, 0.25) is 0 Å². The highest BCUT2D eigenvalue weighted by molar-refractivity contribution is 7.89. The van der Waals surface area contributed by atoms with Crippen LogP contribution in [-0.4, -0.2) is 47.7 Å². The van der Waals surface area contributed by atoms with Gasteiger partial charge in [0.25, 0.3) is 5.91 Å². The Labute approximate surface area is 159 Å². The van der Waals surface area contributed by atoms with E-state index in [1.165, 1.54) is 0 Å². The molecular formula is C19H24N2O5S. The topological polar surface area (TPSA) is 93.7 Å². The molecule has 0 unspecified atom stereocenters. The molecule has 2 aromatic rings. The highest BCUT2D eigenvalue weighted by Crippen LogP contribution is 2.17. The number of aryl methyl sites for hydroxylation is 1. The Morgan fingerprint density at radius 3 is 2.41 bits per heavy atom. The molecular weight excluding hydrogens is 368 g/mol. The molecule has 0 aliphatic carbocycles. The fraction of sp³-hybridized carbons (Fsp3) is 0.316. The van der Waals surface area contributed by atoms with Crippen molar-refractivity contribution in [2.75, 3.05) is 33.4 Å². The zero-order chi connectivity index (χ0) is 19.7. The lowest BCUT2D eigenvalue weighted by molar-refractivity contribution is 0.0946. The highest BCUT2D eigenvalue weighted by Gasteiger charge is 2.14. The van der Waals surface area contributed by atoms with Gasteiger partial charge in [0.05, 0.1) is 17.1 Å². The second kappa shape index (κ2) is 10.1. The van der Waals surface area contributed by atoms with Gasteiger partial charge < -0.3 is 14.8 Å². The number of hydrogen-bond acceptors (Lipinski definition) is 5. The van der Waals surface area contributed by atoms with Gasteiger partial charge in [-0.1, -0.05) is 29.8 Å². The minimum atomic E-state index is -3.60. The predicted octanol–water partition coefficient (Wildman–Crippen LogP) is 1.73. The molecule has 0 atom stereocenters. The van der Waals surface area contributed by atoms with Crippen molar-refractivity contribution in [1.82, 2.24) is 10.0 Å². The molecule has 146 valence electrons. The molecule has 2 N–H and O–H groups in total. The van der Waals surface area contributed by atoms with E-state index in [4.69, 9.17) is 9.47 Å². The number of para-hydroxylation sites is 1. The minimum Gasteiger partial charge on any atom is -0.490 e. The van der Waals surface area contributed by atoms with Crippen LogP contribution in [0.5, 0.6) is 5.75 Å². The smallest absolute Gasteiger partial charge is 0.255 e. The fourth-order valence-corrected chi connectivity index (χ4v) is 3.30. The average molecular weight is 392 g/mol. The van der Waals surface area contributed by atoms with Crippen molar-refractivity contribution in [1.29, 1.82) is 0 Å². The molecule has 0 bridgehead atoms. The van der Waals surface area contributed by atoms with Crippen LogP contribution in [0.1, 0.15) is 15.9 Å². The average Bonchev–Trinajstić information content (AvgIpc) is 2.66. The summed E-state index contributed by atoms with van der Waals surface area (Å²) in [4.78, 5) is 12.5. The highest BCUT2D eigenvalue weighted by atomic mass is 32.2. The maximum atomic E-state index is 12.3. The number of amides is 1. The Balaban J connectivity index is 1.86. The summed E-state index contributed by atoms with van der Waals surface area (Å²) >= 11 is 0. The van der Waals surface area contributed by atoms with Gasteiger partial charge in [-0.15, -0.1) is 0 Å². The summed E-state index contributed by atoms with van der Waals surface area (Å²) < 4.78 is 37.3. The van der Waals surface area contributed by atoms with Gasteiger partial charge in [0.2, 0.25) is 10.0 Å². The van der Waals surface area contributed by atoms with Gasteiger partial charge in [-0.2, -0.15) is 0 Å². The number of carbonyl (C=O) groups is 1. The van der Waals surface area contributed by atoms with Crippen molar-refractivity contribution in [3.05, 3.63) is 59.7 Å². The molecule has 0 heterocycles. The van der Waals surface area contributed by atoms with Crippen LogP contribution < -0.4 is 14.8 Å². The number of nitrogens with one attached hydrogen (secondary N) is 2. The maximum absolute atomic E-state index is 12.3. The molecule has 0 aliphatic heterocycles. The van der Waals surface area contributed by atoms with E-state index in [9.17, 15) is 13.2 Å². The van der Waals surface area contributed by atoms with E-state index >= 15 is 0 Å². The van der Waals surface area contributed by atoms with Crippen LogP contribution in [0, 0.1) is 6.92 Å². The lowest BCUT2D eigenvalue weighted by Crippen LogP contribution is -2.34. The van der Waals surface area contributed by atoms with Gasteiger partial charge in [0.1, 0.15) is 12.4 Å². The van der Waals surface area contributed by atoms with E-state index in [2.05, 4.69) is 10.0 Å². The zero-order valence-corrected chi connectivity index (χ0v) is 16.2. The van der Waals surface area contributed by atoms with E-state index in [-0.39, 0.29) is 23.9 Å². The zero-order valence-electron chi connectivity index (χ0n) is 15.4. The van der Waals surface area contributed by atoms with Crippen molar-refractivity contribution >= 4 is 15.9 Å². The number of ether oxygens (including phenoxy) is 2. The third kappa shape index (κ3) is 6.35. The molecule has 0 fully saturated rings. The van der Waals surface area contributed by atoms with Gasteiger partial charge in [-0.05, 0) is 31.2 Å². The van der Waals surface area contributed by atoms with E-state index in [1.807, 2.05) is 6.92 Å². The van der Waals surface area contributed by atoms with Crippen molar-refractivity contribution in [2.24, 2.45) is 0 Å². The Morgan fingerprint density at radius 1 is 1.00 bits per heavy atom. The van der Waals surface area contributed by atoms with E-state index in [0.29, 0.717) is 24.5 Å². The Kier molecular flexibility index (Phi) is 7.78. The summed E-state index contributed by atoms with van der Waals surface area (Å²) in [7, 11) is -2.03. The molecule has 0 aliphatic rings. The fourth-order valence-electron chi connectivity index (χ4n) is 2.27. The van der Waals surface area contributed by atoms with Crippen molar-refractivity contribution in [3.8, 4) is 5.75 Å². The van der Waals surface area contributed by atoms with E-state index in [1.54, 1.807) is 55.6 Å². The standard InChI is InChI=1S/C19H24N2O5S/c1-15-7-9-16(10-8-15)27(23,24)21-12-11-20-19(22)17-5-3-4-6-18(17)26-14-13-25-2/h3-10,21H,11-14H2,1-2H3,(H,20,22). The van der Waals surface area contributed by atoms with E-state index in [0.717, 1.165) is 5.56 Å². The van der Waals surface area contributed by atoms with Gasteiger partial charge >= 0.3 is 0 Å². The molecule has 2 aromatic carbocycles. The molecule has 8 heteroatoms. The molecule has 0 aromatic heterocycles. The predicted molar refractivity (Wildman–Crippen MR) is 103 cm³/mol. The Bertz CT molecular complexity index is 851. The number of carbonyl (C=O) groups excluding carboxylic acids is 1. The van der Waals surface area contributed by atoms with Gasteiger partial charge in [-0.25, -0.2) is 13.1 Å². The van der Waals surface area contributed by atoms with Crippen molar-refractivity contribution in [3.63, 3.8) is 0 Å². The van der Waals surface area contributed by atoms with Crippen LogP contribution in [0.15, 0.2) is 53.4 Å². The van der Waals surface area contributed by atoms with Gasteiger partial charge in [0, 0.05) is 20.2 Å². The molecule has 2 rings (SSSR count). The summed E-state index contributed by atoms with van der Waals surface area (Å²) in [5.41, 5.74) is 1.36. The maximum Gasteiger partial charge on any atom is 0.255 e. The largest absolute Gasteiger partial charge is 0.490 e. The number of hydrogen-bond donors (Lipinski definition) is 2. The first-order valence-corrected chi connectivity index (χ1v) is 9.97. The molecule has 0 radical (unpaired) electrons. The molecule has 7 nitrogen and oxygen atoms in total. The normalized spacial score (nSPS) is 11.2. The van der Waals surface area contributed by atoms with Crippen LogP contribution in [-0.2, 0) is 14.8 Å². The first-order chi connectivity index (χ1) is 12.9. The van der Waals surface area contributed by atoms with Crippen LogP contribution in [0.25, 0.3) is 0 Å². The second-order valence-electron chi connectivity index (χ2n) is 5.80. The number of benzene rings is 2. The summed E-state index contributed by atoms with van der Waals surface area (Å²) in [6, 6.07) is 13.4. The lowest BCUT2D eigenvalue weighted by atomic mass is 10.2. The molecule has 27 heavy (non-hydrogen) atoms. The molecule has 0 spiro atoms. The van der Waals surface area contributed by atoms with E-state index < -0.39 is 10.0 Å². The number of rotatable bonds is 10. The molecule has 0 saturated carbocycles. The monoisotopic (exact) mass is 392 g/mol. The summed E-state index contributed by atoms with van der Waals surface area (Å²) in [6.45, 7) is 2.86. The molecule has 0 saturated heterocycles. The van der Waals surface area contributed by atoms with Crippen LogP contribution in [0.4, 0.5) is 0 Å². The Morgan fingerprint density at radius 2 is 1.70 bits per heavy atom. The number of sulfonamides is 1. The lowest BCUT2D eigenvalue weighted by Gasteiger charge is -2.12. The quantitative estimate of drug-likeness (QED) is 0.601. The third-order valence-electron chi connectivity index (χ3n) is 3.71. The summed E-state index contributed by atoms with van der Waals surface area (Å²) in [5, 5.41) is 2.69. The number of methoxy groups -OCH3 is 1. The van der Waals surface area contributed by atoms with Crippen molar-refractivity contribution < 1.29 is 22.7 Å². The van der Waals surface area contributed by atoms with Crippen LogP contribution in [0.3, 0.4) is 0 Å². The SMILES string of the molecule is COCCOc1ccccc1C(=O)NCCNS(=O)(=O)c1ccc(C)cc1. The van der Waals surface area contributed by atoms with Crippen molar-refractivity contribution in [2.45, 2.75) is 11.8 Å². The Hall–Kier alpha value is -2.42. The third-order valence-corrected chi connectivity index (χ3v) is 5.19. The minimum absolute atomic E-state index is 0.0780. The molecule has 1 amide bonds. The summed E-state index contributed by atoms with van der Waals surface area (Å²) in [6.07, 6.45) is 0. The van der Waals surface area contributed by atoms with Crippen LogP contribution >= 0.6 is 0 Å².